The van der Waals surface area contributed by atoms with E-state index in [2.05, 4.69) is 17.1 Å². The normalized spacial score (nSPS) is 17.7. The number of nitrogens with zero attached hydrogens (tertiary/aromatic N) is 1. The topological polar surface area (TPSA) is 54.7 Å². The third kappa shape index (κ3) is 1.95. The molecule has 3 N–H and O–H groups in total. The first-order chi connectivity index (χ1) is 8.38. The fraction of sp³-hybridized carbons (Fsp3) is 0.500. The van der Waals surface area contributed by atoms with Gasteiger partial charge >= 0.3 is 0 Å². The molecular weight excluding hydrogens is 210 g/mol. The zero-order chi connectivity index (χ0) is 11.7. The van der Waals surface area contributed by atoms with Crippen LogP contribution in [0.5, 0.6) is 0 Å². The van der Waals surface area contributed by atoms with Crippen LogP contribution in [0.4, 0.5) is 0 Å². The first-order valence-electron chi connectivity index (χ1n) is 6.56. The molecule has 1 aromatic carbocycles. The highest BCUT2D eigenvalue weighted by molar-refractivity contribution is 5.78. The summed E-state index contributed by atoms with van der Waals surface area (Å²) >= 11 is 0. The highest BCUT2D eigenvalue weighted by Gasteiger charge is 2.19. The van der Waals surface area contributed by atoms with Gasteiger partial charge in [-0.25, -0.2) is 4.98 Å². The van der Waals surface area contributed by atoms with E-state index in [4.69, 9.17) is 10.7 Å². The SMILES string of the molecule is NCc1cccc2[nH]c(C3CCCCC3)nc12. The van der Waals surface area contributed by atoms with Gasteiger partial charge in [-0.1, -0.05) is 31.4 Å². The summed E-state index contributed by atoms with van der Waals surface area (Å²) in [5.41, 5.74) is 9.09. The van der Waals surface area contributed by atoms with Gasteiger partial charge in [0.25, 0.3) is 0 Å². The molecule has 0 bridgehead atoms. The zero-order valence-electron chi connectivity index (χ0n) is 10.1. The molecule has 90 valence electrons. The van der Waals surface area contributed by atoms with Gasteiger partial charge in [0, 0.05) is 12.5 Å². The van der Waals surface area contributed by atoms with E-state index in [1.807, 2.05) is 6.07 Å². The Balaban J connectivity index is 2.00. The van der Waals surface area contributed by atoms with Crippen molar-refractivity contribution in [2.24, 2.45) is 5.73 Å². The predicted molar refractivity (Wildman–Crippen MR) is 69.8 cm³/mol. The van der Waals surface area contributed by atoms with E-state index in [1.165, 1.54) is 37.9 Å². The van der Waals surface area contributed by atoms with Gasteiger partial charge in [-0.05, 0) is 24.5 Å². The van der Waals surface area contributed by atoms with Crippen LogP contribution in [0.1, 0.15) is 49.4 Å². The van der Waals surface area contributed by atoms with Crippen LogP contribution < -0.4 is 5.73 Å². The maximum absolute atomic E-state index is 5.75. The van der Waals surface area contributed by atoms with E-state index in [0.717, 1.165) is 16.6 Å². The van der Waals surface area contributed by atoms with E-state index in [-0.39, 0.29) is 0 Å². The summed E-state index contributed by atoms with van der Waals surface area (Å²) in [7, 11) is 0. The van der Waals surface area contributed by atoms with Crippen molar-refractivity contribution >= 4 is 11.0 Å². The number of hydrogen-bond acceptors (Lipinski definition) is 2. The van der Waals surface area contributed by atoms with Crippen LogP contribution in [0, 0.1) is 0 Å². The quantitative estimate of drug-likeness (QED) is 0.831. The third-order valence-corrected chi connectivity index (χ3v) is 3.83. The van der Waals surface area contributed by atoms with Gasteiger partial charge in [0.15, 0.2) is 0 Å². The van der Waals surface area contributed by atoms with E-state index in [0.29, 0.717) is 12.5 Å². The molecule has 17 heavy (non-hydrogen) atoms. The average molecular weight is 229 g/mol. The molecule has 0 aliphatic heterocycles. The molecule has 3 nitrogen and oxygen atoms in total. The Morgan fingerprint density at radius 3 is 2.82 bits per heavy atom. The van der Waals surface area contributed by atoms with Crippen molar-refractivity contribution in [3.8, 4) is 0 Å². The van der Waals surface area contributed by atoms with Gasteiger partial charge in [0.2, 0.25) is 0 Å². The number of aromatic amines is 1. The molecular formula is C14H19N3. The van der Waals surface area contributed by atoms with Crippen LogP contribution in [0.25, 0.3) is 11.0 Å². The summed E-state index contributed by atoms with van der Waals surface area (Å²) < 4.78 is 0. The number of aromatic nitrogens is 2. The number of benzene rings is 1. The number of hydrogen-bond donors (Lipinski definition) is 2. The number of para-hydroxylation sites is 1. The second-order valence-corrected chi connectivity index (χ2v) is 4.97. The second kappa shape index (κ2) is 4.49. The van der Waals surface area contributed by atoms with Crippen LogP contribution in [-0.2, 0) is 6.54 Å². The summed E-state index contributed by atoms with van der Waals surface area (Å²) in [6, 6.07) is 6.20. The Morgan fingerprint density at radius 1 is 1.24 bits per heavy atom. The number of nitrogens with two attached hydrogens (primary N) is 1. The van der Waals surface area contributed by atoms with Gasteiger partial charge in [-0.3, -0.25) is 0 Å². The molecule has 2 aromatic rings. The smallest absolute Gasteiger partial charge is 0.110 e. The first kappa shape index (κ1) is 10.8. The lowest BCUT2D eigenvalue weighted by Gasteiger charge is -2.19. The summed E-state index contributed by atoms with van der Waals surface area (Å²) in [6.07, 6.45) is 6.61. The summed E-state index contributed by atoms with van der Waals surface area (Å²) in [4.78, 5) is 8.24. The molecule has 1 aliphatic rings. The van der Waals surface area contributed by atoms with Crippen LogP contribution in [0.2, 0.25) is 0 Å². The van der Waals surface area contributed by atoms with Crippen molar-refractivity contribution in [2.45, 2.75) is 44.6 Å². The van der Waals surface area contributed by atoms with E-state index < -0.39 is 0 Å². The minimum atomic E-state index is 0.562. The van der Waals surface area contributed by atoms with Gasteiger partial charge in [0.1, 0.15) is 5.82 Å². The largest absolute Gasteiger partial charge is 0.342 e. The minimum absolute atomic E-state index is 0.562. The Bertz CT molecular complexity index is 509. The van der Waals surface area contributed by atoms with Crippen molar-refractivity contribution in [3.05, 3.63) is 29.6 Å². The number of nitrogens with one attached hydrogen (secondary N) is 1. The number of fused-ring (bicyclic) bond motifs is 1. The maximum Gasteiger partial charge on any atom is 0.110 e. The molecule has 1 fully saturated rings. The van der Waals surface area contributed by atoms with E-state index in [1.54, 1.807) is 0 Å². The van der Waals surface area contributed by atoms with Crippen molar-refractivity contribution in [1.82, 2.24) is 9.97 Å². The second-order valence-electron chi connectivity index (χ2n) is 4.97. The minimum Gasteiger partial charge on any atom is -0.342 e. The highest BCUT2D eigenvalue weighted by atomic mass is 14.9. The molecule has 0 amide bonds. The molecule has 1 aliphatic carbocycles. The lowest BCUT2D eigenvalue weighted by atomic mass is 9.89. The van der Waals surface area contributed by atoms with Gasteiger partial charge in [-0.2, -0.15) is 0 Å². The Morgan fingerprint density at radius 2 is 2.06 bits per heavy atom. The summed E-state index contributed by atoms with van der Waals surface area (Å²) in [5.74, 6) is 1.79. The fourth-order valence-corrected chi connectivity index (χ4v) is 2.84. The zero-order valence-corrected chi connectivity index (χ0v) is 10.1. The maximum atomic E-state index is 5.75. The van der Waals surface area contributed by atoms with Gasteiger partial charge in [0.05, 0.1) is 11.0 Å². The third-order valence-electron chi connectivity index (χ3n) is 3.83. The highest BCUT2D eigenvalue weighted by Crippen LogP contribution is 2.32. The summed E-state index contributed by atoms with van der Waals surface area (Å²) in [6.45, 7) is 0.562. The molecule has 1 heterocycles. The van der Waals surface area contributed by atoms with E-state index in [9.17, 15) is 0 Å². The van der Waals surface area contributed by atoms with Gasteiger partial charge < -0.3 is 10.7 Å². The number of rotatable bonds is 2. The van der Waals surface area contributed by atoms with Crippen molar-refractivity contribution in [1.29, 1.82) is 0 Å². The van der Waals surface area contributed by atoms with E-state index >= 15 is 0 Å². The molecule has 1 saturated carbocycles. The number of imidazole rings is 1. The molecule has 0 radical (unpaired) electrons. The van der Waals surface area contributed by atoms with Crippen LogP contribution in [0.15, 0.2) is 18.2 Å². The first-order valence-corrected chi connectivity index (χ1v) is 6.56. The van der Waals surface area contributed by atoms with Crippen LogP contribution >= 0.6 is 0 Å². The molecule has 0 atom stereocenters. The Labute approximate surface area is 101 Å². The molecule has 0 saturated heterocycles. The number of H-pyrrole nitrogens is 1. The van der Waals surface area contributed by atoms with Crippen LogP contribution in [-0.4, -0.2) is 9.97 Å². The molecule has 1 aromatic heterocycles. The van der Waals surface area contributed by atoms with Crippen LogP contribution in [0.3, 0.4) is 0 Å². The molecule has 0 unspecified atom stereocenters. The van der Waals surface area contributed by atoms with Crippen molar-refractivity contribution in [2.75, 3.05) is 0 Å². The summed E-state index contributed by atoms with van der Waals surface area (Å²) in [5, 5.41) is 0. The van der Waals surface area contributed by atoms with Crippen molar-refractivity contribution < 1.29 is 0 Å². The lowest BCUT2D eigenvalue weighted by molar-refractivity contribution is 0.431. The molecule has 0 spiro atoms. The monoisotopic (exact) mass is 229 g/mol. The Kier molecular flexibility index (Phi) is 2.85. The standard InChI is InChI=1S/C14H19N3/c15-9-11-7-4-8-12-13(11)17-14(16-12)10-5-2-1-3-6-10/h4,7-8,10H,1-3,5-6,9,15H2,(H,16,17). The average Bonchev–Trinajstić information content (AvgIpc) is 2.83. The fourth-order valence-electron chi connectivity index (χ4n) is 2.84. The Hall–Kier alpha value is -1.35. The lowest BCUT2D eigenvalue weighted by Crippen LogP contribution is -2.06. The molecule has 3 rings (SSSR count). The molecule has 3 heteroatoms. The van der Waals surface area contributed by atoms with Crippen molar-refractivity contribution in [3.63, 3.8) is 0 Å². The predicted octanol–water partition coefficient (Wildman–Crippen LogP) is 3.07. The van der Waals surface area contributed by atoms with Gasteiger partial charge in [-0.15, -0.1) is 0 Å².